The molecule has 0 aliphatic carbocycles. The molecule has 0 saturated heterocycles. The first-order valence-corrected chi connectivity index (χ1v) is 6.00. The molecule has 2 rings (SSSR count). The summed E-state index contributed by atoms with van der Waals surface area (Å²) < 4.78 is 4.55. The first kappa shape index (κ1) is 14.8. The SMILES string of the molecule is CC(C)(C)OC=O.N#CCc1ccc2cc[nH]c2c1. The van der Waals surface area contributed by atoms with Gasteiger partial charge in [0.25, 0.3) is 6.47 Å². The highest BCUT2D eigenvalue weighted by Crippen LogP contribution is 2.13. The van der Waals surface area contributed by atoms with Gasteiger partial charge in [0.15, 0.2) is 0 Å². The van der Waals surface area contributed by atoms with Crippen LogP contribution in [0.1, 0.15) is 26.3 Å². The highest BCUT2D eigenvalue weighted by atomic mass is 16.5. The molecule has 0 fully saturated rings. The van der Waals surface area contributed by atoms with E-state index in [-0.39, 0.29) is 5.60 Å². The van der Waals surface area contributed by atoms with Crippen molar-refractivity contribution in [1.29, 1.82) is 5.26 Å². The van der Waals surface area contributed by atoms with Gasteiger partial charge in [0.2, 0.25) is 0 Å². The highest BCUT2D eigenvalue weighted by Gasteiger charge is 2.07. The maximum Gasteiger partial charge on any atom is 0.293 e. The van der Waals surface area contributed by atoms with Gasteiger partial charge in [0.1, 0.15) is 5.60 Å². The fourth-order valence-electron chi connectivity index (χ4n) is 1.44. The van der Waals surface area contributed by atoms with Crippen LogP contribution in [-0.4, -0.2) is 17.1 Å². The van der Waals surface area contributed by atoms with E-state index in [1.807, 2.05) is 51.2 Å². The van der Waals surface area contributed by atoms with Crippen molar-refractivity contribution in [1.82, 2.24) is 4.98 Å². The minimum atomic E-state index is -0.318. The smallest absolute Gasteiger partial charge is 0.293 e. The molecule has 100 valence electrons. The van der Waals surface area contributed by atoms with Gasteiger partial charge < -0.3 is 9.72 Å². The zero-order chi connectivity index (χ0) is 14.3. The molecular formula is C15H18N2O2. The van der Waals surface area contributed by atoms with Gasteiger partial charge in [-0.3, -0.25) is 4.79 Å². The summed E-state index contributed by atoms with van der Waals surface area (Å²) in [4.78, 5) is 12.7. The molecule has 4 heteroatoms. The van der Waals surface area contributed by atoms with E-state index >= 15 is 0 Å². The highest BCUT2D eigenvalue weighted by molar-refractivity contribution is 5.79. The monoisotopic (exact) mass is 258 g/mol. The number of hydrogen-bond donors (Lipinski definition) is 1. The van der Waals surface area contributed by atoms with Crippen molar-refractivity contribution < 1.29 is 9.53 Å². The van der Waals surface area contributed by atoms with Gasteiger partial charge in [-0.1, -0.05) is 12.1 Å². The molecule has 1 N–H and O–H groups in total. The Morgan fingerprint density at radius 3 is 2.63 bits per heavy atom. The average molecular weight is 258 g/mol. The van der Waals surface area contributed by atoms with Crippen molar-refractivity contribution in [3.63, 3.8) is 0 Å². The number of ether oxygens (including phenoxy) is 1. The number of rotatable bonds is 2. The van der Waals surface area contributed by atoms with Crippen molar-refractivity contribution in [2.24, 2.45) is 0 Å². The number of H-pyrrole nitrogens is 1. The standard InChI is InChI=1S/C10H8N2.C5H10O2/c11-5-3-8-1-2-9-4-6-12-10(9)7-8;1-5(2,3)7-4-6/h1-2,4,6-7,12H,3H2;4H,1-3H3. The normalized spacial score (nSPS) is 10.2. The number of nitrogens with one attached hydrogen (secondary N) is 1. The van der Waals surface area contributed by atoms with E-state index in [1.54, 1.807) is 0 Å². The molecule has 19 heavy (non-hydrogen) atoms. The Balaban J connectivity index is 0.000000224. The Bertz CT molecular complexity index is 574. The van der Waals surface area contributed by atoms with Crippen LogP contribution in [-0.2, 0) is 16.0 Å². The number of nitrogens with zero attached hydrogens (tertiary/aromatic N) is 1. The van der Waals surface area contributed by atoms with E-state index in [1.165, 1.54) is 5.39 Å². The van der Waals surface area contributed by atoms with Gasteiger partial charge in [-0.15, -0.1) is 0 Å². The van der Waals surface area contributed by atoms with E-state index in [0.29, 0.717) is 12.9 Å². The van der Waals surface area contributed by atoms with Gasteiger partial charge in [-0.25, -0.2) is 0 Å². The number of hydrogen-bond acceptors (Lipinski definition) is 3. The summed E-state index contributed by atoms with van der Waals surface area (Å²) in [6.07, 6.45) is 2.38. The van der Waals surface area contributed by atoms with Crippen molar-refractivity contribution >= 4 is 17.4 Å². The third kappa shape index (κ3) is 5.26. The Labute approximate surface area is 113 Å². The molecule has 1 aromatic heterocycles. The maximum absolute atomic E-state index is 9.60. The fourth-order valence-corrected chi connectivity index (χ4v) is 1.44. The Kier molecular flexibility index (Phi) is 5.13. The molecule has 0 radical (unpaired) electrons. The van der Waals surface area contributed by atoms with Gasteiger partial charge >= 0.3 is 0 Å². The molecule has 4 nitrogen and oxygen atoms in total. The molecule has 0 atom stereocenters. The summed E-state index contributed by atoms with van der Waals surface area (Å²) in [5, 5.41) is 9.67. The number of aromatic nitrogens is 1. The summed E-state index contributed by atoms with van der Waals surface area (Å²) in [6.45, 7) is 5.92. The van der Waals surface area contributed by atoms with Crippen LogP contribution >= 0.6 is 0 Å². The zero-order valence-corrected chi connectivity index (χ0v) is 11.4. The lowest BCUT2D eigenvalue weighted by molar-refractivity contribution is -0.138. The minimum absolute atomic E-state index is 0.318. The lowest BCUT2D eigenvalue weighted by Gasteiger charge is -2.14. The van der Waals surface area contributed by atoms with Gasteiger partial charge in [0.05, 0.1) is 12.5 Å². The molecule has 0 spiro atoms. The summed E-state index contributed by atoms with van der Waals surface area (Å²) >= 11 is 0. The second kappa shape index (κ2) is 6.60. The van der Waals surface area contributed by atoms with E-state index in [2.05, 4.69) is 15.8 Å². The predicted molar refractivity (Wildman–Crippen MR) is 74.5 cm³/mol. The van der Waals surface area contributed by atoms with Crippen LogP contribution in [0.3, 0.4) is 0 Å². The second-order valence-electron chi connectivity index (χ2n) is 5.06. The van der Waals surface area contributed by atoms with Crippen LogP contribution in [0.25, 0.3) is 10.9 Å². The molecule has 0 aliphatic heterocycles. The summed E-state index contributed by atoms with van der Waals surface area (Å²) in [5.74, 6) is 0. The first-order chi connectivity index (χ1) is 8.96. The average Bonchev–Trinajstić information content (AvgIpc) is 2.76. The Morgan fingerprint density at radius 2 is 2.11 bits per heavy atom. The van der Waals surface area contributed by atoms with Crippen molar-refractivity contribution in [3.05, 3.63) is 36.0 Å². The van der Waals surface area contributed by atoms with Crippen LogP contribution in [0.5, 0.6) is 0 Å². The van der Waals surface area contributed by atoms with E-state index in [0.717, 1.165) is 11.1 Å². The molecule has 1 heterocycles. The van der Waals surface area contributed by atoms with Crippen LogP contribution in [0.4, 0.5) is 0 Å². The third-order valence-corrected chi connectivity index (χ3v) is 2.30. The molecule has 0 bridgehead atoms. The Hall–Kier alpha value is -2.28. The molecule has 2 aromatic rings. The first-order valence-electron chi connectivity index (χ1n) is 6.00. The van der Waals surface area contributed by atoms with Crippen LogP contribution in [0, 0.1) is 11.3 Å². The van der Waals surface area contributed by atoms with E-state index in [9.17, 15) is 4.79 Å². The molecule has 1 aromatic carbocycles. The lowest BCUT2D eigenvalue weighted by Crippen LogP contribution is -2.17. The summed E-state index contributed by atoms with van der Waals surface area (Å²) in [7, 11) is 0. The molecule has 0 aliphatic rings. The quantitative estimate of drug-likeness (QED) is 0.841. The molecule has 0 saturated carbocycles. The molecule has 0 unspecified atom stereocenters. The number of carbonyl (C=O) groups is 1. The maximum atomic E-state index is 9.60. The van der Waals surface area contributed by atoms with E-state index in [4.69, 9.17) is 5.26 Å². The Morgan fingerprint density at radius 1 is 1.37 bits per heavy atom. The largest absolute Gasteiger partial charge is 0.462 e. The molecule has 0 amide bonds. The lowest BCUT2D eigenvalue weighted by atomic mass is 10.1. The summed E-state index contributed by atoms with van der Waals surface area (Å²) in [5.41, 5.74) is 1.84. The summed E-state index contributed by atoms with van der Waals surface area (Å²) in [6, 6.07) is 10.2. The van der Waals surface area contributed by atoms with Crippen molar-refractivity contribution in [2.45, 2.75) is 32.8 Å². The predicted octanol–water partition coefficient (Wildman–Crippen LogP) is 3.19. The van der Waals surface area contributed by atoms with Gasteiger partial charge in [-0.05, 0) is 43.9 Å². The second-order valence-corrected chi connectivity index (χ2v) is 5.06. The number of fused-ring (bicyclic) bond motifs is 1. The zero-order valence-electron chi connectivity index (χ0n) is 11.4. The number of aromatic amines is 1. The number of nitriles is 1. The third-order valence-electron chi connectivity index (χ3n) is 2.30. The van der Waals surface area contributed by atoms with Gasteiger partial charge in [0, 0.05) is 11.7 Å². The van der Waals surface area contributed by atoms with Crippen LogP contribution in [0.2, 0.25) is 0 Å². The van der Waals surface area contributed by atoms with Gasteiger partial charge in [-0.2, -0.15) is 5.26 Å². The minimum Gasteiger partial charge on any atom is -0.462 e. The fraction of sp³-hybridized carbons (Fsp3) is 0.333. The topological polar surface area (TPSA) is 65.9 Å². The number of carbonyl (C=O) groups excluding carboxylic acids is 1. The van der Waals surface area contributed by atoms with Crippen molar-refractivity contribution in [3.8, 4) is 6.07 Å². The molecular weight excluding hydrogens is 240 g/mol. The van der Waals surface area contributed by atoms with E-state index < -0.39 is 0 Å². The van der Waals surface area contributed by atoms with Crippen molar-refractivity contribution in [2.75, 3.05) is 0 Å². The van der Waals surface area contributed by atoms with Crippen LogP contribution < -0.4 is 0 Å². The van der Waals surface area contributed by atoms with Crippen LogP contribution in [0.15, 0.2) is 30.5 Å². The number of benzene rings is 1.